The van der Waals surface area contributed by atoms with Crippen LogP contribution >= 0.6 is 11.8 Å². The van der Waals surface area contributed by atoms with Crippen molar-refractivity contribution in [3.05, 3.63) is 24.3 Å². The number of amides is 3. The van der Waals surface area contributed by atoms with Crippen molar-refractivity contribution in [3.8, 4) is 0 Å². The molecule has 26 heavy (non-hydrogen) atoms. The number of likely N-dealkylation sites (tertiary alicyclic amines) is 1. The third kappa shape index (κ3) is 4.38. The highest BCUT2D eigenvalue weighted by molar-refractivity contribution is 8.01. The zero-order chi connectivity index (χ0) is 18.7. The first-order chi connectivity index (χ1) is 12.4. The Kier molecular flexibility index (Phi) is 5.86. The SMILES string of the molecule is CC(C)C(=O)N[C@@H]1CCCN(C(=O)C[C@@H]2Sc3ccccc3NC2=O)C1. The molecule has 6 nitrogen and oxygen atoms in total. The Balaban J connectivity index is 1.58. The number of piperidine rings is 1. The van der Waals surface area contributed by atoms with Crippen LogP contribution in [0.25, 0.3) is 0 Å². The summed E-state index contributed by atoms with van der Waals surface area (Å²) in [6, 6.07) is 7.62. The lowest BCUT2D eigenvalue weighted by Gasteiger charge is -2.34. The summed E-state index contributed by atoms with van der Waals surface area (Å²) in [5.41, 5.74) is 0.806. The van der Waals surface area contributed by atoms with Crippen molar-refractivity contribution in [3.63, 3.8) is 0 Å². The molecule has 0 aliphatic carbocycles. The van der Waals surface area contributed by atoms with Crippen molar-refractivity contribution in [2.75, 3.05) is 18.4 Å². The van der Waals surface area contributed by atoms with Gasteiger partial charge in [-0.3, -0.25) is 14.4 Å². The number of benzene rings is 1. The van der Waals surface area contributed by atoms with Crippen LogP contribution in [0.1, 0.15) is 33.1 Å². The van der Waals surface area contributed by atoms with Crippen LogP contribution in [0.4, 0.5) is 5.69 Å². The van der Waals surface area contributed by atoms with Gasteiger partial charge in [0.1, 0.15) is 0 Å². The molecule has 140 valence electrons. The largest absolute Gasteiger partial charge is 0.351 e. The van der Waals surface area contributed by atoms with E-state index in [1.165, 1.54) is 11.8 Å². The number of hydrogen-bond donors (Lipinski definition) is 2. The van der Waals surface area contributed by atoms with Gasteiger partial charge in [0.2, 0.25) is 17.7 Å². The third-order valence-electron chi connectivity index (χ3n) is 4.71. The van der Waals surface area contributed by atoms with Gasteiger partial charge in [-0.2, -0.15) is 0 Å². The van der Waals surface area contributed by atoms with Gasteiger partial charge in [-0.05, 0) is 25.0 Å². The fourth-order valence-electron chi connectivity index (χ4n) is 3.20. The highest BCUT2D eigenvalue weighted by atomic mass is 32.2. The van der Waals surface area contributed by atoms with Crippen molar-refractivity contribution in [2.45, 2.75) is 49.3 Å². The van der Waals surface area contributed by atoms with Crippen LogP contribution in [-0.2, 0) is 14.4 Å². The minimum atomic E-state index is -0.414. The first-order valence-electron chi connectivity index (χ1n) is 9.08. The second-order valence-corrected chi connectivity index (χ2v) is 8.38. The average molecular weight is 375 g/mol. The molecule has 3 rings (SSSR count). The second kappa shape index (κ2) is 8.12. The van der Waals surface area contributed by atoms with Gasteiger partial charge in [-0.1, -0.05) is 26.0 Å². The Bertz CT molecular complexity index is 707. The van der Waals surface area contributed by atoms with Gasteiger partial charge in [0.25, 0.3) is 0 Å². The van der Waals surface area contributed by atoms with Crippen LogP contribution in [0, 0.1) is 5.92 Å². The van der Waals surface area contributed by atoms with Gasteiger partial charge in [0.15, 0.2) is 0 Å². The Morgan fingerprint density at radius 2 is 2.12 bits per heavy atom. The maximum Gasteiger partial charge on any atom is 0.238 e. The van der Waals surface area contributed by atoms with Gasteiger partial charge in [-0.15, -0.1) is 11.8 Å². The summed E-state index contributed by atoms with van der Waals surface area (Å²) in [5, 5.41) is 5.48. The smallest absolute Gasteiger partial charge is 0.238 e. The van der Waals surface area contributed by atoms with E-state index in [-0.39, 0.29) is 36.1 Å². The quantitative estimate of drug-likeness (QED) is 0.846. The molecule has 0 saturated carbocycles. The van der Waals surface area contributed by atoms with Crippen molar-refractivity contribution in [2.24, 2.45) is 5.92 Å². The van der Waals surface area contributed by atoms with E-state index in [2.05, 4.69) is 10.6 Å². The number of hydrogen-bond acceptors (Lipinski definition) is 4. The average Bonchev–Trinajstić information content (AvgIpc) is 2.62. The van der Waals surface area contributed by atoms with Crippen LogP contribution in [-0.4, -0.2) is 47.0 Å². The van der Waals surface area contributed by atoms with E-state index < -0.39 is 5.25 Å². The lowest BCUT2D eigenvalue weighted by Crippen LogP contribution is -2.51. The summed E-state index contributed by atoms with van der Waals surface area (Å²) in [5.74, 6) is -0.198. The lowest BCUT2D eigenvalue weighted by atomic mass is 10.0. The zero-order valence-electron chi connectivity index (χ0n) is 15.2. The predicted molar refractivity (Wildman–Crippen MR) is 102 cm³/mol. The second-order valence-electron chi connectivity index (χ2n) is 7.14. The molecule has 2 heterocycles. The van der Waals surface area contributed by atoms with Crippen molar-refractivity contribution < 1.29 is 14.4 Å². The van der Waals surface area contributed by atoms with Crippen LogP contribution < -0.4 is 10.6 Å². The zero-order valence-corrected chi connectivity index (χ0v) is 16.0. The van der Waals surface area contributed by atoms with Crippen LogP contribution in [0.2, 0.25) is 0 Å². The first kappa shape index (κ1) is 18.8. The van der Waals surface area contributed by atoms with Crippen LogP contribution in [0.15, 0.2) is 29.2 Å². The maximum atomic E-state index is 12.7. The minimum absolute atomic E-state index is 0.00355. The fourth-order valence-corrected chi connectivity index (χ4v) is 4.31. The van der Waals surface area contributed by atoms with E-state index in [0.717, 1.165) is 23.4 Å². The number of carbonyl (C=O) groups is 3. The molecule has 3 amide bonds. The molecule has 1 aromatic carbocycles. The van der Waals surface area contributed by atoms with Crippen molar-refractivity contribution >= 4 is 35.2 Å². The monoisotopic (exact) mass is 375 g/mol. The summed E-state index contributed by atoms with van der Waals surface area (Å²) in [6.45, 7) is 4.92. The van der Waals surface area contributed by atoms with Gasteiger partial charge in [0.05, 0.1) is 10.9 Å². The number of para-hydroxylation sites is 1. The highest BCUT2D eigenvalue weighted by Crippen LogP contribution is 2.36. The number of anilines is 1. The minimum Gasteiger partial charge on any atom is -0.351 e. The highest BCUT2D eigenvalue weighted by Gasteiger charge is 2.32. The van der Waals surface area contributed by atoms with Gasteiger partial charge in [-0.25, -0.2) is 0 Å². The third-order valence-corrected chi connectivity index (χ3v) is 5.99. The van der Waals surface area contributed by atoms with E-state index in [4.69, 9.17) is 0 Å². The molecule has 1 fully saturated rings. The lowest BCUT2D eigenvalue weighted by molar-refractivity contribution is -0.135. The molecule has 1 saturated heterocycles. The number of nitrogens with zero attached hydrogens (tertiary/aromatic N) is 1. The van der Waals surface area contributed by atoms with E-state index in [1.54, 1.807) is 4.90 Å². The van der Waals surface area contributed by atoms with Gasteiger partial charge >= 0.3 is 0 Å². The molecule has 0 aromatic heterocycles. The molecule has 1 aromatic rings. The van der Waals surface area contributed by atoms with Gasteiger partial charge in [0, 0.05) is 36.4 Å². The molecule has 0 unspecified atom stereocenters. The topological polar surface area (TPSA) is 78.5 Å². The molecular formula is C19H25N3O3S. The molecule has 2 aliphatic heterocycles. The predicted octanol–water partition coefficient (Wildman–Crippen LogP) is 2.25. The van der Waals surface area contributed by atoms with E-state index in [0.29, 0.717) is 13.1 Å². The maximum absolute atomic E-state index is 12.7. The first-order valence-corrected chi connectivity index (χ1v) is 9.96. The number of nitrogens with one attached hydrogen (secondary N) is 2. The van der Waals surface area contributed by atoms with Crippen molar-refractivity contribution in [1.29, 1.82) is 0 Å². The standard InChI is InChI=1S/C19H25N3O3S/c1-12(2)18(24)20-13-6-5-9-22(11-13)17(23)10-16-19(25)21-14-7-3-4-8-15(14)26-16/h3-4,7-8,12-13,16H,5-6,9-11H2,1-2H3,(H,20,24)(H,21,25)/t13-,16+/m1/s1. The molecule has 2 atom stereocenters. The number of carbonyl (C=O) groups excluding carboxylic acids is 3. The molecule has 7 heteroatoms. The molecule has 0 radical (unpaired) electrons. The van der Waals surface area contributed by atoms with E-state index in [9.17, 15) is 14.4 Å². The number of thioether (sulfide) groups is 1. The Morgan fingerprint density at radius 3 is 2.88 bits per heavy atom. The summed E-state index contributed by atoms with van der Waals surface area (Å²) in [4.78, 5) is 39.7. The number of rotatable bonds is 4. The van der Waals surface area contributed by atoms with Crippen LogP contribution in [0.3, 0.4) is 0 Å². The molecule has 2 N–H and O–H groups in total. The normalized spacial score (nSPS) is 22.6. The molecule has 0 spiro atoms. The summed E-state index contributed by atoms with van der Waals surface area (Å²) in [7, 11) is 0. The summed E-state index contributed by atoms with van der Waals surface area (Å²) >= 11 is 1.44. The Labute approximate surface area is 158 Å². The molecular weight excluding hydrogens is 350 g/mol. The summed E-state index contributed by atoms with van der Waals surface area (Å²) in [6.07, 6.45) is 1.92. The Morgan fingerprint density at radius 1 is 1.35 bits per heavy atom. The fraction of sp³-hybridized carbons (Fsp3) is 0.526. The van der Waals surface area contributed by atoms with Crippen LogP contribution in [0.5, 0.6) is 0 Å². The summed E-state index contributed by atoms with van der Waals surface area (Å²) < 4.78 is 0. The Hall–Kier alpha value is -2.02. The van der Waals surface area contributed by atoms with Crippen molar-refractivity contribution in [1.82, 2.24) is 10.2 Å². The van der Waals surface area contributed by atoms with E-state index in [1.807, 2.05) is 38.1 Å². The van der Waals surface area contributed by atoms with Gasteiger partial charge < -0.3 is 15.5 Å². The molecule has 2 aliphatic rings. The molecule has 0 bridgehead atoms. The number of fused-ring (bicyclic) bond motifs is 1. The van der Waals surface area contributed by atoms with E-state index >= 15 is 0 Å².